The summed E-state index contributed by atoms with van der Waals surface area (Å²) < 4.78 is 0. The van der Waals surface area contributed by atoms with Gasteiger partial charge in [-0.1, -0.05) is 18.5 Å². The number of piperazine rings is 1. The van der Waals surface area contributed by atoms with Crippen molar-refractivity contribution in [2.24, 2.45) is 5.73 Å². The predicted octanol–water partition coefficient (Wildman–Crippen LogP) is 2.82. The number of hydrogen-bond donors (Lipinski definition) is 1. The molecule has 2 atom stereocenters. The van der Waals surface area contributed by atoms with Crippen LogP contribution in [0.25, 0.3) is 0 Å². The lowest BCUT2D eigenvalue weighted by atomic mass is 10.1. The van der Waals surface area contributed by atoms with Crippen molar-refractivity contribution in [3.8, 4) is 0 Å². The average Bonchev–Trinajstić information content (AvgIpc) is 2.86. The second-order valence-corrected chi connectivity index (χ2v) is 6.63. The van der Waals surface area contributed by atoms with Crippen LogP contribution in [-0.2, 0) is 0 Å². The molecule has 1 aromatic rings. The Hall–Kier alpha value is -0.130. The summed E-state index contributed by atoms with van der Waals surface area (Å²) in [4.78, 5) is 6.37. The van der Waals surface area contributed by atoms with Crippen molar-refractivity contribution in [2.45, 2.75) is 32.4 Å². The van der Waals surface area contributed by atoms with E-state index in [9.17, 15) is 0 Å². The van der Waals surface area contributed by atoms with E-state index in [0.717, 1.165) is 31.2 Å². The van der Waals surface area contributed by atoms with E-state index in [4.69, 9.17) is 17.3 Å². The first-order valence-electron chi connectivity index (χ1n) is 7.07. The molecule has 1 fully saturated rings. The van der Waals surface area contributed by atoms with Crippen molar-refractivity contribution >= 4 is 22.9 Å². The van der Waals surface area contributed by atoms with E-state index in [2.05, 4.69) is 29.7 Å². The molecule has 1 aromatic heterocycles. The lowest BCUT2D eigenvalue weighted by Crippen LogP contribution is -2.51. The molecule has 2 heterocycles. The number of hydrogen-bond acceptors (Lipinski definition) is 4. The van der Waals surface area contributed by atoms with Gasteiger partial charge >= 0.3 is 0 Å². The highest BCUT2D eigenvalue weighted by molar-refractivity contribution is 7.10. The SMILES string of the molecule is CCC(C)N1CCN(C(CN)c2cc(Cl)cs2)CC1. The third-order valence-electron chi connectivity index (χ3n) is 4.14. The molecule has 0 radical (unpaired) electrons. The first kappa shape index (κ1) is 15.3. The van der Waals surface area contributed by atoms with Gasteiger partial charge in [-0.2, -0.15) is 0 Å². The van der Waals surface area contributed by atoms with Gasteiger partial charge in [-0.15, -0.1) is 11.3 Å². The van der Waals surface area contributed by atoms with Gasteiger partial charge in [0, 0.05) is 49.0 Å². The van der Waals surface area contributed by atoms with Crippen molar-refractivity contribution in [2.75, 3.05) is 32.7 Å². The van der Waals surface area contributed by atoms with E-state index >= 15 is 0 Å². The van der Waals surface area contributed by atoms with Crippen LogP contribution in [0.4, 0.5) is 0 Å². The van der Waals surface area contributed by atoms with Crippen LogP contribution in [0.2, 0.25) is 5.02 Å². The summed E-state index contributed by atoms with van der Waals surface area (Å²) in [6, 6.07) is 3.08. The Kier molecular flexibility index (Phi) is 5.66. The summed E-state index contributed by atoms with van der Waals surface area (Å²) in [6.07, 6.45) is 1.22. The van der Waals surface area contributed by atoms with Crippen LogP contribution in [0.1, 0.15) is 31.2 Å². The molecule has 0 saturated carbocycles. The summed E-state index contributed by atoms with van der Waals surface area (Å²) >= 11 is 7.75. The second kappa shape index (κ2) is 7.04. The number of halogens is 1. The van der Waals surface area contributed by atoms with Crippen LogP contribution >= 0.6 is 22.9 Å². The molecule has 2 unspecified atom stereocenters. The number of nitrogens with two attached hydrogens (primary N) is 1. The molecular formula is C14H24ClN3S. The third kappa shape index (κ3) is 3.70. The largest absolute Gasteiger partial charge is 0.329 e. The van der Waals surface area contributed by atoms with Crippen molar-refractivity contribution in [3.63, 3.8) is 0 Å². The van der Waals surface area contributed by atoms with Gasteiger partial charge in [0.25, 0.3) is 0 Å². The third-order valence-corrected chi connectivity index (χ3v) is 5.52. The predicted molar refractivity (Wildman–Crippen MR) is 84.0 cm³/mol. The Labute approximate surface area is 125 Å². The zero-order valence-electron chi connectivity index (χ0n) is 11.8. The first-order valence-corrected chi connectivity index (χ1v) is 8.33. The van der Waals surface area contributed by atoms with Crippen molar-refractivity contribution < 1.29 is 0 Å². The molecule has 1 aliphatic rings. The molecule has 0 aliphatic carbocycles. The number of thiophene rings is 1. The molecule has 0 bridgehead atoms. The molecule has 1 saturated heterocycles. The van der Waals surface area contributed by atoms with Gasteiger partial charge in [-0.3, -0.25) is 9.80 Å². The van der Waals surface area contributed by atoms with E-state index in [1.54, 1.807) is 11.3 Å². The fraction of sp³-hybridized carbons (Fsp3) is 0.714. The smallest absolute Gasteiger partial charge is 0.0565 e. The zero-order valence-corrected chi connectivity index (χ0v) is 13.4. The molecule has 0 aromatic carbocycles. The Balaban J connectivity index is 1.95. The van der Waals surface area contributed by atoms with Gasteiger partial charge in [0.2, 0.25) is 0 Å². The van der Waals surface area contributed by atoms with Crippen LogP contribution in [0.5, 0.6) is 0 Å². The quantitative estimate of drug-likeness (QED) is 0.908. The van der Waals surface area contributed by atoms with Gasteiger partial charge in [0.15, 0.2) is 0 Å². The van der Waals surface area contributed by atoms with Crippen LogP contribution in [-0.4, -0.2) is 48.6 Å². The number of rotatable bonds is 5. The minimum absolute atomic E-state index is 0.330. The van der Waals surface area contributed by atoms with Gasteiger partial charge < -0.3 is 5.73 Å². The van der Waals surface area contributed by atoms with Crippen LogP contribution < -0.4 is 5.73 Å². The van der Waals surface area contributed by atoms with Crippen molar-refractivity contribution in [3.05, 3.63) is 21.3 Å². The molecule has 5 heteroatoms. The maximum atomic E-state index is 6.03. The summed E-state index contributed by atoms with van der Waals surface area (Å²) in [7, 11) is 0. The topological polar surface area (TPSA) is 32.5 Å². The van der Waals surface area contributed by atoms with Gasteiger partial charge in [0.1, 0.15) is 0 Å². The Morgan fingerprint density at radius 2 is 1.95 bits per heavy atom. The molecule has 0 amide bonds. The molecule has 2 rings (SSSR count). The van der Waals surface area contributed by atoms with Gasteiger partial charge in [-0.05, 0) is 19.4 Å². The lowest BCUT2D eigenvalue weighted by Gasteiger charge is -2.40. The molecular weight excluding hydrogens is 278 g/mol. The van der Waals surface area contributed by atoms with Crippen molar-refractivity contribution in [1.29, 1.82) is 0 Å². The first-order chi connectivity index (χ1) is 9.15. The molecule has 108 valence electrons. The number of nitrogens with zero attached hydrogens (tertiary/aromatic N) is 2. The summed E-state index contributed by atoms with van der Waals surface area (Å²) in [5.74, 6) is 0. The minimum atomic E-state index is 0.330. The lowest BCUT2D eigenvalue weighted by molar-refractivity contribution is 0.0753. The second-order valence-electron chi connectivity index (χ2n) is 5.25. The van der Waals surface area contributed by atoms with E-state index in [-0.39, 0.29) is 0 Å². The molecule has 1 aliphatic heterocycles. The molecule has 0 spiro atoms. The highest BCUT2D eigenvalue weighted by atomic mass is 35.5. The average molecular weight is 302 g/mol. The van der Waals surface area contributed by atoms with E-state index in [0.29, 0.717) is 18.6 Å². The fourth-order valence-corrected chi connectivity index (χ4v) is 3.93. The van der Waals surface area contributed by atoms with Crippen molar-refractivity contribution in [1.82, 2.24) is 9.80 Å². The van der Waals surface area contributed by atoms with Gasteiger partial charge in [-0.25, -0.2) is 0 Å². The van der Waals surface area contributed by atoms with Crippen LogP contribution in [0, 0.1) is 0 Å². The summed E-state index contributed by atoms with van der Waals surface area (Å²) in [6.45, 7) is 9.72. The molecule has 3 nitrogen and oxygen atoms in total. The zero-order chi connectivity index (χ0) is 13.8. The monoisotopic (exact) mass is 301 g/mol. The fourth-order valence-electron chi connectivity index (χ4n) is 2.70. The molecule has 19 heavy (non-hydrogen) atoms. The highest BCUT2D eigenvalue weighted by Gasteiger charge is 2.26. The maximum absolute atomic E-state index is 6.03. The summed E-state index contributed by atoms with van der Waals surface area (Å²) in [5, 5.41) is 2.83. The van der Waals surface area contributed by atoms with Crippen LogP contribution in [0.15, 0.2) is 11.4 Å². The standard InChI is InChI=1S/C14H24ClN3S/c1-3-11(2)17-4-6-18(7-5-17)13(9-16)14-8-12(15)10-19-14/h8,10-11,13H,3-7,9,16H2,1-2H3. The highest BCUT2D eigenvalue weighted by Crippen LogP contribution is 2.29. The molecule has 2 N–H and O–H groups in total. The van der Waals surface area contributed by atoms with Crippen LogP contribution in [0.3, 0.4) is 0 Å². The maximum Gasteiger partial charge on any atom is 0.0565 e. The van der Waals surface area contributed by atoms with E-state index < -0.39 is 0 Å². The Bertz CT molecular complexity index is 388. The Morgan fingerprint density at radius 3 is 2.42 bits per heavy atom. The normalized spacial score (nSPS) is 21.5. The van der Waals surface area contributed by atoms with E-state index in [1.807, 2.05) is 5.38 Å². The summed E-state index contributed by atoms with van der Waals surface area (Å²) in [5.41, 5.74) is 5.97. The minimum Gasteiger partial charge on any atom is -0.329 e. The Morgan fingerprint density at radius 1 is 1.32 bits per heavy atom. The van der Waals surface area contributed by atoms with Gasteiger partial charge in [0.05, 0.1) is 11.1 Å². The van der Waals surface area contributed by atoms with E-state index in [1.165, 1.54) is 11.3 Å².